The van der Waals surface area contributed by atoms with Crippen molar-refractivity contribution in [1.82, 2.24) is 0 Å². The molecule has 3 heteroatoms. The zero-order chi connectivity index (χ0) is 14.3. The fraction of sp³-hybridized carbons (Fsp3) is 0.375. The van der Waals surface area contributed by atoms with Crippen molar-refractivity contribution in [3.8, 4) is 0 Å². The predicted octanol–water partition coefficient (Wildman–Crippen LogP) is 3.10. The standard InChI is InChI=1S/C16H20O3/c1-4-19-16(18)15(13(3)17)12(2)10-11-14-8-6-5-7-9-14/h5-12,15H,4H2,1-3H3/b11-10+/t12-,15+/m1/s1. The van der Waals surface area contributed by atoms with Gasteiger partial charge in [0.05, 0.1) is 6.61 Å². The van der Waals surface area contributed by atoms with Crippen LogP contribution in [0.15, 0.2) is 36.4 Å². The fourth-order valence-corrected chi connectivity index (χ4v) is 1.92. The van der Waals surface area contributed by atoms with Gasteiger partial charge in [-0.25, -0.2) is 0 Å². The van der Waals surface area contributed by atoms with Gasteiger partial charge in [-0.1, -0.05) is 49.4 Å². The fourth-order valence-electron chi connectivity index (χ4n) is 1.92. The molecule has 0 saturated carbocycles. The number of carbonyl (C=O) groups excluding carboxylic acids is 2. The van der Waals surface area contributed by atoms with E-state index in [1.165, 1.54) is 6.92 Å². The van der Waals surface area contributed by atoms with Crippen LogP contribution in [0.1, 0.15) is 26.3 Å². The number of esters is 1. The lowest BCUT2D eigenvalue weighted by molar-refractivity contribution is -0.152. The highest BCUT2D eigenvalue weighted by Crippen LogP contribution is 2.18. The number of benzene rings is 1. The van der Waals surface area contributed by atoms with E-state index in [1.807, 2.05) is 49.4 Å². The Morgan fingerprint density at radius 1 is 1.26 bits per heavy atom. The van der Waals surface area contributed by atoms with E-state index < -0.39 is 11.9 Å². The minimum absolute atomic E-state index is 0.163. The summed E-state index contributed by atoms with van der Waals surface area (Å²) in [5.41, 5.74) is 1.04. The van der Waals surface area contributed by atoms with E-state index in [9.17, 15) is 9.59 Å². The number of Topliss-reactive ketones (excluding diaryl/α,β-unsaturated/α-hetero) is 1. The molecule has 1 aromatic rings. The highest BCUT2D eigenvalue weighted by Gasteiger charge is 2.29. The lowest BCUT2D eigenvalue weighted by atomic mass is 9.90. The summed E-state index contributed by atoms with van der Waals surface area (Å²) in [7, 11) is 0. The quantitative estimate of drug-likeness (QED) is 0.583. The maximum absolute atomic E-state index is 11.8. The van der Waals surface area contributed by atoms with Gasteiger partial charge in [0, 0.05) is 0 Å². The molecular formula is C16H20O3. The zero-order valence-corrected chi connectivity index (χ0v) is 11.6. The molecule has 0 aliphatic carbocycles. The first-order valence-electron chi connectivity index (χ1n) is 6.46. The molecule has 0 unspecified atom stereocenters. The molecule has 1 rings (SSSR count). The number of allylic oxidation sites excluding steroid dienone is 1. The molecule has 0 N–H and O–H groups in total. The van der Waals surface area contributed by atoms with Crippen molar-refractivity contribution >= 4 is 17.8 Å². The van der Waals surface area contributed by atoms with Crippen LogP contribution < -0.4 is 0 Å². The van der Waals surface area contributed by atoms with Crippen molar-refractivity contribution in [3.63, 3.8) is 0 Å². The van der Waals surface area contributed by atoms with Gasteiger partial charge >= 0.3 is 5.97 Å². The van der Waals surface area contributed by atoms with Crippen LogP contribution in [0, 0.1) is 11.8 Å². The van der Waals surface area contributed by atoms with E-state index in [0.29, 0.717) is 0 Å². The maximum Gasteiger partial charge on any atom is 0.317 e. The molecule has 3 nitrogen and oxygen atoms in total. The van der Waals surface area contributed by atoms with Crippen LogP contribution in [0.3, 0.4) is 0 Å². The van der Waals surface area contributed by atoms with Crippen molar-refractivity contribution in [2.45, 2.75) is 20.8 Å². The third kappa shape index (κ3) is 4.70. The molecule has 0 spiro atoms. The number of ketones is 1. The van der Waals surface area contributed by atoms with Gasteiger partial charge in [-0.15, -0.1) is 0 Å². The molecular weight excluding hydrogens is 240 g/mol. The monoisotopic (exact) mass is 260 g/mol. The van der Waals surface area contributed by atoms with E-state index in [4.69, 9.17) is 4.74 Å². The van der Waals surface area contributed by atoms with Gasteiger partial charge in [-0.05, 0) is 25.3 Å². The molecule has 102 valence electrons. The van der Waals surface area contributed by atoms with Crippen LogP contribution in [0.2, 0.25) is 0 Å². The molecule has 0 aromatic heterocycles. The van der Waals surface area contributed by atoms with Crippen molar-refractivity contribution in [1.29, 1.82) is 0 Å². The van der Waals surface area contributed by atoms with E-state index >= 15 is 0 Å². The van der Waals surface area contributed by atoms with Gasteiger partial charge < -0.3 is 4.74 Å². The Balaban J connectivity index is 2.78. The molecule has 0 saturated heterocycles. The van der Waals surface area contributed by atoms with Crippen LogP contribution >= 0.6 is 0 Å². The van der Waals surface area contributed by atoms with E-state index in [0.717, 1.165) is 5.56 Å². The first-order chi connectivity index (χ1) is 9.06. The van der Waals surface area contributed by atoms with E-state index in [1.54, 1.807) is 6.92 Å². The number of ether oxygens (including phenoxy) is 1. The first kappa shape index (κ1) is 15.2. The van der Waals surface area contributed by atoms with Crippen molar-refractivity contribution in [3.05, 3.63) is 42.0 Å². The maximum atomic E-state index is 11.8. The van der Waals surface area contributed by atoms with Crippen molar-refractivity contribution in [2.24, 2.45) is 11.8 Å². The van der Waals surface area contributed by atoms with Gasteiger partial charge in [0.25, 0.3) is 0 Å². The van der Waals surface area contributed by atoms with Crippen molar-refractivity contribution < 1.29 is 14.3 Å². The van der Waals surface area contributed by atoms with Gasteiger partial charge in [0.1, 0.15) is 11.7 Å². The van der Waals surface area contributed by atoms with Gasteiger partial charge in [0.2, 0.25) is 0 Å². The minimum atomic E-state index is -0.722. The molecule has 2 atom stereocenters. The molecule has 1 aromatic carbocycles. The molecule has 0 fully saturated rings. The van der Waals surface area contributed by atoms with E-state index in [2.05, 4.69) is 0 Å². The Labute approximate surface area is 114 Å². The number of carbonyl (C=O) groups is 2. The average molecular weight is 260 g/mol. The van der Waals surface area contributed by atoms with Crippen LogP contribution in [0.25, 0.3) is 6.08 Å². The SMILES string of the molecule is CCOC(=O)[C@H](C(C)=O)[C@H](C)/C=C/c1ccccc1. The second kappa shape index (κ2) is 7.52. The normalized spacial score (nSPS) is 14.1. The predicted molar refractivity (Wildman–Crippen MR) is 75.4 cm³/mol. The Morgan fingerprint density at radius 3 is 2.42 bits per heavy atom. The Morgan fingerprint density at radius 2 is 1.89 bits per heavy atom. The Kier molecular flexibility index (Phi) is 6.00. The summed E-state index contributed by atoms with van der Waals surface area (Å²) >= 11 is 0. The second-order valence-corrected chi connectivity index (χ2v) is 4.47. The molecule has 0 heterocycles. The van der Waals surface area contributed by atoms with Crippen LogP contribution in [-0.4, -0.2) is 18.4 Å². The topological polar surface area (TPSA) is 43.4 Å². The molecule has 0 amide bonds. The molecule has 19 heavy (non-hydrogen) atoms. The average Bonchev–Trinajstić information content (AvgIpc) is 2.37. The molecule has 0 radical (unpaired) electrons. The van der Waals surface area contributed by atoms with Crippen LogP contribution in [0.5, 0.6) is 0 Å². The smallest absolute Gasteiger partial charge is 0.317 e. The highest BCUT2D eigenvalue weighted by atomic mass is 16.5. The van der Waals surface area contributed by atoms with Gasteiger partial charge in [0.15, 0.2) is 0 Å². The third-order valence-electron chi connectivity index (χ3n) is 2.90. The zero-order valence-electron chi connectivity index (χ0n) is 11.6. The number of hydrogen-bond acceptors (Lipinski definition) is 3. The highest BCUT2D eigenvalue weighted by molar-refractivity contribution is 5.98. The number of hydrogen-bond donors (Lipinski definition) is 0. The van der Waals surface area contributed by atoms with E-state index in [-0.39, 0.29) is 18.3 Å². The molecule has 0 aliphatic heterocycles. The van der Waals surface area contributed by atoms with Gasteiger partial charge in [-0.3, -0.25) is 9.59 Å². The summed E-state index contributed by atoms with van der Waals surface area (Å²) in [5.74, 6) is -1.51. The summed E-state index contributed by atoms with van der Waals surface area (Å²) in [6, 6.07) is 9.76. The summed E-state index contributed by atoms with van der Waals surface area (Å²) in [6.45, 7) is 5.30. The summed E-state index contributed by atoms with van der Waals surface area (Å²) in [4.78, 5) is 23.3. The summed E-state index contributed by atoms with van der Waals surface area (Å²) in [6.07, 6.45) is 3.79. The summed E-state index contributed by atoms with van der Waals surface area (Å²) < 4.78 is 4.94. The summed E-state index contributed by atoms with van der Waals surface area (Å²) in [5, 5.41) is 0. The first-order valence-corrected chi connectivity index (χ1v) is 6.46. The molecule has 0 bridgehead atoms. The number of rotatable bonds is 6. The largest absolute Gasteiger partial charge is 0.465 e. The lowest BCUT2D eigenvalue weighted by Gasteiger charge is -2.16. The second-order valence-electron chi connectivity index (χ2n) is 4.47. The molecule has 0 aliphatic rings. The Bertz CT molecular complexity index is 448. The lowest BCUT2D eigenvalue weighted by Crippen LogP contribution is -2.29. The van der Waals surface area contributed by atoms with Gasteiger partial charge in [-0.2, -0.15) is 0 Å². The Hall–Kier alpha value is -1.90. The third-order valence-corrected chi connectivity index (χ3v) is 2.90. The minimum Gasteiger partial charge on any atom is -0.465 e. The van der Waals surface area contributed by atoms with Crippen LogP contribution in [-0.2, 0) is 14.3 Å². The van der Waals surface area contributed by atoms with Crippen molar-refractivity contribution in [2.75, 3.05) is 6.61 Å². The van der Waals surface area contributed by atoms with Crippen LogP contribution in [0.4, 0.5) is 0 Å².